The van der Waals surface area contributed by atoms with E-state index in [2.05, 4.69) is 31.2 Å². The van der Waals surface area contributed by atoms with Crippen LogP contribution < -0.4 is 5.32 Å². The number of nitrogens with zero attached hydrogens (tertiary/aromatic N) is 1. The van der Waals surface area contributed by atoms with Crippen LogP contribution in [-0.4, -0.2) is 22.4 Å². The molecule has 0 unspecified atom stereocenters. The number of fused-ring (bicyclic) bond motifs is 1. The summed E-state index contributed by atoms with van der Waals surface area (Å²) in [6.45, 7) is 0.584. The average molecular weight is 404 g/mol. The third-order valence-electron chi connectivity index (χ3n) is 4.16. The summed E-state index contributed by atoms with van der Waals surface area (Å²) in [4.78, 5) is 19.5. The van der Waals surface area contributed by atoms with Crippen LogP contribution in [0.15, 0.2) is 41.0 Å². The van der Waals surface area contributed by atoms with Crippen molar-refractivity contribution in [1.29, 1.82) is 0 Å². The molecule has 0 radical (unpaired) electrons. The maximum atomic E-state index is 14.0. The highest BCUT2D eigenvalue weighted by molar-refractivity contribution is 9.10. The minimum Gasteiger partial charge on any atom is -0.357 e. The topological polar surface area (TPSA) is 57.8 Å². The highest BCUT2D eigenvalue weighted by Gasteiger charge is 2.25. The monoisotopic (exact) mass is 403 g/mol. The smallest absolute Gasteiger partial charge is 0.254 e. The zero-order valence-corrected chi connectivity index (χ0v) is 14.5. The van der Waals surface area contributed by atoms with E-state index in [0.29, 0.717) is 28.7 Å². The second kappa shape index (κ2) is 6.07. The summed E-state index contributed by atoms with van der Waals surface area (Å²) in [5.74, 6) is -1.44. The molecule has 0 spiro atoms. The van der Waals surface area contributed by atoms with Crippen LogP contribution in [0.4, 0.5) is 8.78 Å². The lowest BCUT2D eigenvalue weighted by molar-refractivity contribution is 0.0945. The molecule has 0 saturated carbocycles. The zero-order chi connectivity index (χ0) is 17.6. The normalized spacial score (nSPS) is 13.5. The van der Waals surface area contributed by atoms with E-state index in [1.54, 1.807) is 18.3 Å². The molecule has 1 aliphatic rings. The number of nitrogens with one attached hydrogen (secondary N) is 2. The Kier molecular flexibility index (Phi) is 3.88. The zero-order valence-electron chi connectivity index (χ0n) is 12.9. The molecule has 0 saturated heterocycles. The predicted octanol–water partition coefficient (Wildman–Crippen LogP) is 4.07. The first-order valence-corrected chi connectivity index (χ1v) is 8.44. The number of benzene rings is 1. The summed E-state index contributed by atoms with van der Waals surface area (Å²) in [6.07, 6.45) is 2.27. The number of aromatic nitrogens is 2. The van der Waals surface area contributed by atoms with Gasteiger partial charge in [-0.3, -0.25) is 9.78 Å². The molecule has 1 aliphatic heterocycles. The van der Waals surface area contributed by atoms with E-state index in [9.17, 15) is 13.6 Å². The molecule has 3 heterocycles. The van der Waals surface area contributed by atoms with Gasteiger partial charge in [0.2, 0.25) is 0 Å². The van der Waals surface area contributed by atoms with Gasteiger partial charge in [-0.2, -0.15) is 0 Å². The first kappa shape index (κ1) is 16.0. The molecule has 1 aromatic carbocycles. The van der Waals surface area contributed by atoms with Gasteiger partial charge in [-0.15, -0.1) is 0 Å². The summed E-state index contributed by atoms with van der Waals surface area (Å²) in [7, 11) is 0. The Morgan fingerprint density at radius 1 is 1.16 bits per heavy atom. The fourth-order valence-corrected chi connectivity index (χ4v) is 3.72. The molecule has 0 fully saturated rings. The van der Waals surface area contributed by atoms with E-state index in [0.717, 1.165) is 23.0 Å². The Bertz CT molecular complexity index is 1000. The van der Waals surface area contributed by atoms with Crippen LogP contribution in [0.2, 0.25) is 0 Å². The van der Waals surface area contributed by atoms with Gasteiger partial charge in [0.05, 0.1) is 21.4 Å². The third kappa shape index (κ3) is 2.74. The molecular weight excluding hydrogens is 392 g/mol. The van der Waals surface area contributed by atoms with Crippen molar-refractivity contribution >= 4 is 21.8 Å². The average Bonchev–Trinajstić information content (AvgIpc) is 2.93. The van der Waals surface area contributed by atoms with Gasteiger partial charge in [0.1, 0.15) is 11.6 Å². The van der Waals surface area contributed by atoms with Crippen molar-refractivity contribution < 1.29 is 13.6 Å². The van der Waals surface area contributed by atoms with Crippen LogP contribution in [-0.2, 0) is 6.42 Å². The van der Waals surface area contributed by atoms with Crippen molar-refractivity contribution in [2.24, 2.45) is 0 Å². The second-order valence-corrected chi connectivity index (χ2v) is 6.52. The quantitative estimate of drug-likeness (QED) is 0.677. The predicted molar refractivity (Wildman–Crippen MR) is 93.1 cm³/mol. The lowest BCUT2D eigenvalue weighted by Gasteiger charge is -2.11. The number of H-pyrrole nitrogens is 1. The van der Waals surface area contributed by atoms with E-state index in [-0.39, 0.29) is 11.5 Å². The molecule has 2 aromatic heterocycles. The molecule has 0 bridgehead atoms. The van der Waals surface area contributed by atoms with E-state index in [1.165, 1.54) is 12.1 Å². The minimum atomic E-state index is -0.672. The lowest BCUT2D eigenvalue weighted by atomic mass is 10.1. The fraction of sp³-hybridized carbons (Fsp3) is 0.111. The standard InChI is InChI=1S/C18H12BrF2N3O/c19-16-15-13(4-6-23-18(15)25)24-17(16)9-3-5-22-14(7-9)11-2-1-10(20)8-12(11)21/h1-3,5,7-8,24H,4,6H2,(H,23,25). The van der Waals surface area contributed by atoms with Crippen molar-refractivity contribution in [1.82, 2.24) is 15.3 Å². The van der Waals surface area contributed by atoms with E-state index in [4.69, 9.17) is 0 Å². The number of pyridine rings is 1. The van der Waals surface area contributed by atoms with Crippen molar-refractivity contribution in [3.8, 4) is 22.5 Å². The lowest BCUT2D eigenvalue weighted by Crippen LogP contribution is -2.31. The molecule has 25 heavy (non-hydrogen) atoms. The molecule has 7 heteroatoms. The number of amides is 1. The highest BCUT2D eigenvalue weighted by atomic mass is 79.9. The van der Waals surface area contributed by atoms with Crippen LogP contribution in [0.5, 0.6) is 0 Å². The van der Waals surface area contributed by atoms with Gasteiger partial charge >= 0.3 is 0 Å². The highest BCUT2D eigenvalue weighted by Crippen LogP contribution is 2.35. The van der Waals surface area contributed by atoms with E-state index in [1.807, 2.05) is 0 Å². The Hall–Kier alpha value is -2.54. The Morgan fingerprint density at radius 3 is 2.76 bits per heavy atom. The van der Waals surface area contributed by atoms with Crippen LogP contribution in [0.3, 0.4) is 0 Å². The largest absolute Gasteiger partial charge is 0.357 e. The number of carbonyl (C=O) groups excluding carboxylic acids is 1. The van der Waals surface area contributed by atoms with Crippen molar-refractivity contribution in [2.75, 3.05) is 6.54 Å². The van der Waals surface area contributed by atoms with Crippen molar-refractivity contribution in [3.63, 3.8) is 0 Å². The minimum absolute atomic E-state index is 0.130. The molecule has 4 rings (SSSR count). The van der Waals surface area contributed by atoms with Crippen LogP contribution in [0, 0.1) is 11.6 Å². The second-order valence-electron chi connectivity index (χ2n) is 5.73. The first-order valence-electron chi connectivity index (χ1n) is 7.65. The summed E-state index contributed by atoms with van der Waals surface area (Å²) < 4.78 is 27.8. The molecule has 1 amide bonds. The number of hydrogen-bond acceptors (Lipinski definition) is 2. The van der Waals surface area contributed by atoms with Gasteiger partial charge in [0.25, 0.3) is 5.91 Å². The molecule has 3 aromatic rings. The summed E-state index contributed by atoms with van der Waals surface area (Å²) >= 11 is 3.48. The molecule has 4 nitrogen and oxygen atoms in total. The van der Waals surface area contributed by atoms with Crippen molar-refractivity contribution in [3.05, 3.63) is 63.9 Å². The van der Waals surface area contributed by atoms with Gasteiger partial charge in [-0.25, -0.2) is 8.78 Å². The maximum Gasteiger partial charge on any atom is 0.254 e. The van der Waals surface area contributed by atoms with Gasteiger partial charge in [0, 0.05) is 42.0 Å². The van der Waals surface area contributed by atoms with Crippen LogP contribution in [0.1, 0.15) is 16.1 Å². The summed E-state index contributed by atoms with van der Waals surface area (Å²) in [6, 6.07) is 6.86. The SMILES string of the molecule is O=C1NCCc2[nH]c(-c3ccnc(-c4ccc(F)cc4F)c3)c(Br)c21. The van der Waals surface area contributed by atoms with E-state index < -0.39 is 11.6 Å². The Labute approximate surface area is 150 Å². The molecular formula is C18H12BrF2N3O. The molecule has 126 valence electrons. The Balaban J connectivity index is 1.82. The number of aromatic amines is 1. The van der Waals surface area contributed by atoms with Gasteiger partial charge in [-0.05, 0) is 40.2 Å². The number of carbonyl (C=O) groups is 1. The maximum absolute atomic E-state index is 14.0. The van der Waals surface area contributed by atoms with Gasteiger partial charge in [-0.1, -0.05) is 0 Å². The number of halogens is 3. The molecule has 2 N–H and O–H groups in total. The van der Waals surface area contributed by atoms with Crippen LogP contribution >= 0.6 is 15.9 Å². The van der Waals surface area contributed by atoms with E-state index >= 15 is 0 Å². The van der Waals surface area contributed by atoms with Gasteiger partial charge in [0.15, 0.2) is 0 Å². The third-order valence-corrected chi connectivity index (χ3v) is 4.95. The fourth-order valence-electron chi connectivity index (χ4n) is 2.97. The Morgan fingerprint density at radius 2 is 2.00 bits per heavy atom. The van der Waals surface area contributed by atoms with Crippen LogP contribution in [0.25, 0.3) is 22.5 Å². The van der Waals surface area contributed by atoms with Gasteiger partial charge < -0.3 is 10.3 Å². The number of rotatable bonds is 2. The summed E-state index contributed by atoms with van der Waals surface area (Å²) in [5.41, 5.74) is 3.54. The molecule has 0 atom stereocenters. The van der Waals surface area contributed by atoms with Crippen molar-refractivity contribution in [2.45, 2.75) is 6.42 Å². The summed E-state index contributed by atoms with van der Waals surface area (Å²) in [5, 5.41) is 2.81. The molecule has 0 aliphatic carbocycles. The first-order chi connectivity index (χ1) is 12.0. The number of hydrogen-bond donors (Lipinski definition) is 2.